The van der Waals surface area contributed by atoms with Crippen molar-refractivity contribution in [2.24, 2.45) is 0 Å². The predicted molar refractivity (Wildman–Crippen MR) is 97.1 cm³/mol. The number of hydrogen-bond donors (Lipinski definition) is 2. The Labute approximate surface area is 149 Å². The third-order valence-electron chi connectivity index (χ3n) is 4.91. The van der Waals surface area contributed by atoms with E-state index in [-0.39, 0.29) is 18.3 Å². The van der Waals surface area contributed by atoms with Gasteiger partial charge in [0.2, 0.25) is 5.91 Å². The predicted octanol–water partition coefficient (Wildman–Crippen LogP) is 3.92. The van der Waals surface area contributed by atoms with Gasteiger partial charge in [0.05, 0.1) is 11.5 Å². The van der Waals surface area contributed by atoms with Gasteiger partial charge in [0.1, 0.15) is 5.82 Å². The highest BCUT2D eigenvalue weighted by molar-refractivity contribution is 7.17. The summed E-state index contributed by atoms with van der Waals surface area (Å²) in [7, 11) is 0. The molecule has 0 aliphatic heterocycles. The topological polar surface area (TPSA) is 49.3 Å². The molecule has 1 aliphatic rings. The van der Waals surface area contributed by atoms with Gasteiger partial charge in [-0.25, -0.2) is 4.39 Å². The van der Waals surface area contributed by atoms with E-state index in [0.29, 0.717) is 0 Å². The van der Waals surface area contributed by atoms with Gasteiger partial charge in [0.25, 0.3) is 0 Å². The molecule has 4 rings (SSSR count). The average molecular weight is 355 g/mol. The Balaban J connectivity index is 1.46. The van der Waals surface area contributed by atoms with E-state index >= 15 is 0 Å². The Kier molecular flexibility index (Phi) is 4.06. The molecule has 1 atom stereocenters. The van der Waals surface area contributed by atoms with E-state index in [1.54, 1.807) is 23.5 Å². The standard InChI is InChI=1S/C20H18FNO2S/c21-14-7-5-13(6-8-14)20(9-10-20)19(24)22-11-17(23)16-12-25-18-4-2-1-3-15(16)18/h1-8,12,17,23H,9-11H2,(H,22,24). The molecule has 5 heteroatoms. The van der Waals surface area contributed by atoms with Gasteiger partial charge < -0.3 is 10.4 Å². The summed E-state index contributed by atoms with van der Waals surface area (Å²) >= 11 is 1.58. The molecule has 1 aliphatic carbocycles. The molecule has 25 heavy (non-hydrogen) atoms. The Hall–Kier alpha value is -2.24. The zero-order chi connectivity index (χ0) is 17.4. The molecule has 0 spiro atoms. The second-order valence-electron chi connectivity index (χ2n) is 6.50. The monoisotopic (exact) mass is 355 g/mol. The molecule has 1 unspecified atom stereocenters. The van der Waals surface area contributed by atoms with Gasteiger partial charge in [0, 0.05) is 16.8 Å². The van der Waals surface area contributed by atoms with Crippen LogP contribution in [0.15, 0.2) is 53.9 Å². The number of hydrogen-bond acceptors (Lipinski definition) is 3. The second kappa shape index (κ2) is 6.24. The quantitative estimate of drug-likeness (QED) is 0.729. The van der Waals surface area contributed by atoms with E-state index < -0.39 is 11.5 Å². The number of aliphatic hydroxyl groups is 1. The van der Waals surface area contributed by atoms with Crippen LogP contribution in [0.2, 0.25) is 0 Å². The molecule has 2 N–H and O–H groups in total. The minimum Gasteiger partial charge on any atom is -0.387 e. The highest BCUT2D eigenvalue weighted by atomic mass is 32.1. The van der Waals surface area contributed by atoms with Crippen molar-refractivity contribution < 1.29 is 14.3 Å². The van der Waals surface area contributed by atoms with E-state index in [4.69, 9.17) is 0 Å². The molecule has 0 radical (unpaired) electrons. The normalized spacial score (nSPS) is 16.6. The SMILES string of the molecule is O=C(NCC(O)c1csc2ccccc12)C1(c2ccc(F)cc2)CC1. The van der Waals surface area contributed by atoms with Crippen LogP contribution in [0.3, 0.4) is 0 Å². The summed E-state index contributed by atoms with van der Waals surface area (Å²) in [5.41, 5.74) is 1.11. The fraction of sp³-hybridized carbons (Fsp3) is 0.250. The van der Waals surface area contributed by atoms with Crippen LogP contribution in [-0.4, -0.2) is 17.6 Å². The summed E-state index contributed by atoms with van der Waals surface area (Å²) in [5, 5.41) is 16.3. The van der Waals surface area contributed by atoms with E-state index in [1.165, 1.54) is 12.1 Å². The Morgan fingerprint density at radius 2 is 1.92 bits per heavy atom. The van der Waals surface area contributed by atoms with Crippen LogP contribution in [0, 0.1) is 5.82 Å². The first-order valence-corrected chi connectivity index (χ1v) is 9.17. The molecule has 1 aromatic heterocycles. The smallest absolute Gasteiger partial charge is 0.230 e. The number of carbonyl (C=O) groups is 1. The molecule has 2 aromatic carbocycles. The van der Waals surface area contributed by atoms with Gasteiger partial charge in [-0.3, -0.25) is 4.79 Å². The molecule has 1 amide bonds. The maximum atomic E-state index is 13.1. The van der Waals surface area contributed by atoms with Gasteiger partial charge in [-0.2, -0.15) is 0 Å². The fourth-order valence-electron chi connectivity index (χ4n) is 3.27. The van der Waals surface area contributed by atoms with Crippen molar-refractivity contribution in [3.8, 4) is 0 Å². The van der Waals surface area contributed by atoms with E-state index in [2.05, 4.69) is 5.32 Å². The lowest BCUT2D eigenvalue weighted by Gasteiger charge is -2.18. The maximum Gasteiger partial charge on any atom is 0.230 e. The first-order valence-electron chi connectivity index (χ1n) is 8.29. The molecule has 1 heterocycles. The van der Waals surface area contributed by atoms with Crippen LogP contribution in [0.1, 0.15) is 30.1 Å². The van der Waals surface area contributed by atoms with E-state index in [9.17, 15) is 14.3 Å². The Morgan fingerprint density at radius 1 is 1.20 bits per heavy atom. The lowest BCUT2D eigenvalue weighted by Crippen LogP contribution is -2.37. The van der Waals surface area contributed by atoms with Gasteiger partial charge in [0.15, 0.2) is 0 Å². The number of benzene rings is 2. The summed E-state index contributed by atoms with van der Waals surface area (Å²) in [6.45, 7) is 0.169. The molecule has 0 saturated heterocycles. The van der Waals surface area contributed by atoms with E-state index in [0.717, 1.165) is 34.1 Å². The number of thiophene rings is 1. The van der Waals surface area contributed by atoms with Crippen LogP contribution < -0.4 is 5.32 Å². The molecule has 0 bridgehead atoms. The summed E-state index contributed by atoms with van der Waals surface area (Å²) in [6.07, 6.45) is 0.758. The zero-order valence-corrected chi connectivity index (χ0v) is 14.4. The average Bonchev–Trinajstić information content (AvgIpc) is 3.33. The number of rotatable bonds is 5. The molecule has 128 valence electrons. The largest absolute Gasteiger partial charge is 0.387 e. The first kappa shape index (κ1) is 16.2. The molecular formula is C20H18FNO2S. The highest BCUT2D eigenvalue weighted by Crippen LogP contribution is 2.48. The second-order valence-corrected chi connectivity index (χ2v) is 7.41. The summed E-state index contributed by atoms with van der Waals surface area (Å²) in [5.74, 6) is -0.405. The Morgan fingerprint density at radius 3 is 2.64 bits per heavy atom. The summed E-state index contributed by atoms with van der Waals surface area (Å²) in [4.78, 5) is 12.6. The van der Waals surface area contributed by atoms with Crippen molar-refractivity contribution in [3.63, 3.8) is 0 Å². The lowest BCUT2D eigenvalue weighted by atomic mass is 9.95. The van der Waals surface area contributed by atoms with Crippen molar-refractivity contribution in [3.05, 3.63) is 70.9 Å². The first-order chi connectivity index (χ1) is 12.1. The van der Waals surface area contributed by atoms with Crippen LogP contribution >= 0.6 is 11.3 Å². The van der Waals surface area contributed by atoms with Crippen LogP contribution in [0.25, 0.3) is 10.1 Å². The van der Waals surface area contributed by atoms with Crippen molar-refractivity contribution in [2.75, 3.05) is 6.54 Å². The summed E-state index contributed by atoms with van der Waals surface area (Å²) < 4.78 is 14.2. The number of carbonyl (C=O) groups excluding carboxylic acids is 1. The zero-order valence-electron chi connectivity index (χ0n) is 13.5. The summed E-state index contributed by atoms with van der Waals surface area (Å²) in [6, 6.07) is 14.0. The lowest BCUT2D eigenvalue weighted by molar-refractivity contribution is -0.124. The molecule has 3 aromatic rings. The van der Waals surface area contributed by atoms with Crippen LogP contribution in [0.4, 0.5) is 4.39 Å². The minimum atomic E-state index is -0.746. The van der Waals surface area contributed by atoms with Gasteiger partial charge in [-0.1, -0.05) is 30.3 Å². The number of nitrogens with one attached hydrogen (secondary N) is 1. The third-order valence-corrected chi connectivity index (χ3v) is 5.89. The molecule has 1 fully saturated rings. The number of halogens is 1. The van der Waals surface area contributed by atoms with Crippen LogP contribution in [0.5, 0.6) is 0 Å². The fourth-order valence-corrected chi connectivity index (χ4v) is 4.27. The van der Waals surface area contributed by atoms with Gasteiger partial charge >= 0.3 is 0 Å². The van der Waals surface area contributed by atoms with Gasteiger partial charge in [-0.15, -0.1) is 11.3 Å². The Bertz CT molecular complexity index is 915. The molecular weight excluding hydrogens is 337 g/mol. The van der Waals surface area contributed by atoms with E-state index in [1.807, 2.05) is 29.6 Å². The number of fused-ring (bicyclic) bond motifs is 1. The van der Waals surface area contributed by atoms with Crippen molar-refractivity contribution >= 4 is 27.3 Å². The minimum absolute atomic E-state index is 0.0994. The van der Waals surface area contributed by atoms with Crippen molar-refractivity contribution in [2.45, 2.75) is 24.4 Å². The third kappa shape index (κ3) is 2.94. The van der Waals surface area contributed by atoms with Crippen molar-refractivity contribution in [1.82, 2.24) is 5.32 Å². The van der Waals surface area contributed by atoms with Crippen molar-refractivity contribution in [1.29, 1.82) is 0 Å². The maximum absolute atomic E-state index is 13.1. The number of amides is 1. The number of aliphatic hydroxyl groups excluding tert-OH is 1. The van der Waals surface area contributed by atoms with Gasteiger partial charge in [-0.05, 0) is 47.4 Å². The highest BCUT2D eigenvalue weighted by Gasteiger charge is 2.51. The van der Waals surface area contributed by atoms with Crippen LogP contribution in [-0.2, 0) is 10.2 Å². The molecule has 1 saturated carbocycles. The molecule has 3 nitrogen and oxygen atoms in total.